The van der Waals surface area contributed by atoms with Crippen LogP contribution in [-0.4, -0.2) is 37.1 Å². The molecule has 2 aromatic rings. The van der Waals surface area contributed by atoms with Crippen molar-refractivity contribution in [1.29, 1.82) is 0 Å². The van der Waals surface area contributed by atoms with Crippen molar-refractivity contribution < 1.29 is 14.6 Å². The predicted molar refractivity (Wildman–Crippen MR) is 92.2 cm³/mol. The van der Waals surface area contributed by atoms with E-state index >= 15 is 0 Å². The lowest BCUT2D eigenvalue weighted by molar-refractivity contribution is 0.0196. The Morgan fingerprint density at radius 1 is 1.12 bits per heavy atom. The van der Waals surface area contributed by atoms with E-state index in [4.69, 9.17) is 15.2 Å². The lowest BCUT2D eigenvalue weighted by Gasteiger charge is -2.30. The average Bonchev–Trinajstić information content (AvgIpc) is 2.63. The summed E-state index contributed by atoms with van der Waals surface area (Å²) < 4.78 is 10.7. The third-order valence-electron chi connectivity index (χ3n) is 4.16. The Bertz CT molecular complexity index is 772. The summed E-state index contributed by atoms with van der Waals surface area (Å²) in [6, 6.07) is 11.5. The zero-order chi connectivity index (χ0) is 17.3. The van der Waals surface area contributed by atoms with Gasteiger partial charge in [-0.3, -0.25) is 5.01 Å². The van der Waals surface area contributed by atoms with Crippen LogP contribution in [0.25, 0.3) is 0 Å². The van der Waals surface area contributed by atoms with Crippen molar-refractivity contribution in [3.8, 4) is 11.5 Å². The Morgan fingerprint density at radius 3 is 2.33 bits per heavy atom. The van der Waals surface area contributed by atoms with Crippen LogP contribution in [0.15, 0.2) is 41.5 Å². The van der Waals surface area contributed by atoms with Gasteiger partial charge in [-0.2, -0.15) is 5.10 Å². The van der Waals surface area contributed by atoms with Gasteiger partial charge >= 0.3 is 0 Å². The second-order valence-corrected chi connectivity index (χ2v) is 5.59. The maximum atomic E-state index is 10.5. The second-order valence-electron chi connectivity index (χ2n) is 5.59. The zero-order valence-corrected chi connectivity index (χ0v) is 14.0. The number of hydrogen-bond donors (Lipinski definition) is 2. The molecule has 0 amide bonds. The number of hydrazone groups is 1. The van der Waals surface area contributed by atoms with Gasteiger partial charge in [0.15, 0.2) is 17.7 Å². The largest absolute Gasteiger partial charge is 0.493 e. The van der Waals surface area contributed by atoms with Gasteiger partial charge in [-0.05, 0) is 17.7 Å². The molecule has 126 valence electrons. The van der Waals surface area contributed by atoms with E-state index in [1.807, 2.05) is 30.3 Å². The number of nitrogens with two attached hydrogens (primary N) is 1. The molecule has 6 heteroatoms. The molecule has 0 bridgehead atoms. The molecule has 0 aliphatic carbocycles. The number of ether oxygens (including phenoxy) is 2. The summed E-state index contributed by atoms with van der Waals surface area (Å²) in [5, 5.41) is 16.5. The molecular formula is C18H21N3O3. The van der Waals surface area contributed by atoms with E-state index in [1.165, 1.54) is 5.01 Å². The van der Waals surface area contributed by atoms with Gasteiger partial charge in [0.1, 0.15) is 0 Å². The first-order chi connectivity index (χ1) is 11.6. The fraction of sp³-hybridized carbons (Fsp3) is 0.278. The molecule has 0 fully saturated rings. The summed E-state index contributed by atoms with van der Waals surface area (Å²) in [6.45, 7) is 0.493. The quantitative estimate of drug-likeness (QED) is 0.896. The highest BCUT2D eigenvalue weighted by atomic mass is 16.5. The van der Waals surface area contributed by atoms with Crippen molar-refractivity contribution in [1.82, 2.24) is 5.01 Å². The molecule has 1 aliphatic heterocycles. The Morgan fingerprint density at radius 2 is 1.75 bits per heavy atom. The number of benzene rings is 2. The van der Waals surface area contributed by atoms with Gasteiger partial charge < -0.3 is 20.3 Å². The molecule has 0 spiro atoms. The van der Waals surface area contributed by atoms with Crippen molar-refractivity contribution >= 4 is 5.71 Å². The van der Waals surface area contributed by atoms with Crippen LogP contribution in [0.4, 0.5) is 0 Å². The van der Waals surface area contributed by atoms with Gasteiger partial charge in [0.2, 0.25) is 0 Å². The molecule has 0 aromatic heterocycles. The third-order valence-corrected chi connectivity index (χ3v) is 4.16. The molecular weight excluding hydrogens is 306 g/mol. The van der Waals surface area contributed by atoms with E-state index in [0.717, 1.165) is 28.0 Å². The summed E-state index contributed by atoms with van der Waals surface area (Å²) in [4.78, 5) is 0. The van der Waals surface area contributed by atoms with Gasteiger partial charge in [-0.25, -0.2) is 0 Å². The van der Waals surface area contributed by atoms with Crippen LogP contribution in [0.5, 0.6) is 11.5 Å². The number of nitrogens with zero attached hydrogens (tertiary/aromatic N) is 2. The first-order valence-corrected chi connectivity index (χ1v) is 7.64. The van der Waals surface area contributed by atoms with Gasteiger partial charge in [0.25, 0.3) is 0 Å². The van der Waals surface area contributed by atoms with Crippen LogP contribution >= 0.6 is 0 Å². The lowest BCUT2D eigenvalue weighted by Crippen LogP contribution is -2.28. The maximum Gasteiger partial charge on any atom is 0.169 e. The highest BCUT2D eigenvalue weighted by molar-refractivity contribution is 6.14. The van der Waals surface area contributed by atoms with Crippen molar-refractivity contribution in [2.75, 3.05) is 21.3 Å². The molecule has 1 aliphatic rings. The summed E-state index contributed by atoms with van der Waals surface area (Å²) in [7, 11) is 4.89. The normalized spacial score (nSPS) is 16.5. The summed E-state index contributed by atoms with van der Waals surface area (Å²) in [6.07, 6.45) is -0.841. The second kappa shape index (κ2) is 6.51. The molecule has 1 atom stereocenters. The molecule has 0 saturated carbocycles. The number of aliphatic hydroxyl groups excluding tert-OH is 1. The van der Waals surface area contributed by atoms with E-state index in [1.54, 1.807) is 27.3 Å². The molecule has 24 heavy (non-hydrogen) atoms. The standard InChI is InChI=1S/C18H21N3O3/c1-21-18(22)14-9-16(24-3)15(23-2)8-13(14)17(20-21)12-6-4-11(10-19)5-7-12/h4-9,18,22H,10,19H2,1-3H3. The van der Waals surface area contributed by atoms with Crippen molar-refractivity contribution in [3.63, 3.8) is 0 Å². The molecule has 2 aromatic carbocycles. The average molecular weight is 327 g/mol. The SMILES string of the molecule is COc1cc2c(cc1OC)C(O)N(C)N=C2c1ccc(CN)cc1. The van der Waals surface area contributed by atoms with Crippen LogP contribution in [0.3, 0.4) is 0 Å². The van der Waals surface area contributed by atoms with Crippen LogP contribution in [0, 0.1) is 0 Å². The van der Waals surface area contributed by atoms with E-state index in [9.17, 15) is 5.11 Å². The van der Waals surface area contributed by atoms with Crippen molar-refractivity contribution in [2.45, 2.75) is 12.8 Å². The Hall–Kier alpha value is -2.57. The van der Waals surface area contributed by atoms with Gasteiger partial charge in [-0.1, -0.05) is 24.3 Å². The molecule has 1 heterocycles. The fourth-order valence-corrected chi connectivity index (χ4v) is 2.79. The zero-order valence-electron chi connectivity index (χ0n) is 14.0. The minimum Gasteiger partial charge on any atom is -0.493 e. The van der Waals surface area contributed by atoms with E-state index in [-0.39, 0.29) is 0 Å². The van der Waals surface area contributed by atoms with Crippen LogP contribution in [-0.2, 0) is 6.54 Å². The minimum absolute atomic E-state index is 0.493. The molecule has 3 N–H and O–H groups in total. The van der Waals surface area contributed by atoms with Gasteiger partial charge in [0, 0.05) is 30.3 Å². The molecule has 1 unspecified atom stereocenters. The fourth-order valence-electron chi connectivity index (χ4n) is 2.79. The number of aliphatic hydroxyl groups is 1. The smallest absolute Gasteiger partial charge is 0.169 e. The van der Waals surface area contributed by atoms with E-state index < -0.39 is 6.23 Å². The molecule has 6 nitrogen and oxygen atoms in total. The highest BCUT2D eigenvalue weighted by Crippen LogP contribution is 2.37. The lowest BCUT2D eigenvalue weighted by atomic mass is 9.94. The van der Waals surface area contributed by atoms with E-state index in [2.05, 4.69) is 5.10 Å². The van der Waals surface area contributed by atoms with Crippen molar-refractivity contribution in [2.24, 2.45) is 10.8 Å². The summed E-state index contributed by atoms with van der Waals surface area (Å²) in [5.74, 6) is 1.17. The van der Waals surface area contributed by atoms with Crippen LogP contribution in [0.2, 0.25) is 0 Å². The summed E-state index contributed by atoms with van der Waals surface area (Å²) in [5.41, 5.74) is 9.97. The predicted octanol–water partition coefficient (Wildman–Crippen LogP) is 1.85. The Balaban J connectivity index is 2.16. The maximum absolute atomic E-state index is 10.5. The van der Waals surface area contributed by atoms with Crippen LogP contribution in [0.1, 0.15) is 28.5 Å². The first-order valence-electron chi connectivity index (χ1n) is 7.64. The van der Waals surface area contributed by atoms with Gasteiger partial charge in [0.05, 0.1) is 19.9 Å². The number of fused-ring (bicyclic) bond motifs is 1. The molecule has 0 saturated heterocycles. The number of rotatable bonds is 4. The van der Waals surface area contributed by atoms with Gasteiger partial charge in [-0.15, -0.1) is 0 Å². The topological polar surface area (TPSA) is 80.3 Å². The van der Waals surface area contributed by atoms with Crippen LogP contribution < -0.4 is 15.2 Å². The molecule has 0 radical (unpaired) electrons. The first kappa shape index (κ1) is 16.3. The summed E-state index contributed by atoms with van der Waals surface area (Å²) >= 11 is 0. The monoisotopic (exact) mass is 327 g/mol. The third kappa shape index (κ3) is 2.70. The molecule has 3 rings (SSSR count). The van der Waals surface area contributed by atoms with E-state index in [0.29, 0.717) is 18.0 Å². The Kier molecular flexibility index (Phi) is 4.42. The number of methoxy groups -OCH3 is 2. The Labute approximate surface area is 141 Å². The minimum atomic E-state index is -0.841. The van der Waals surface area contributed by atoms with Crippen molar-refractivity contribution in [3.05, 3.63) is 58.7 Å². The highest BCUT2D eigenvalue weighted by Gasteiger charge is 2.28. The number of hydrogen-bond acceptors (Lipinski definition) is 6.